The zero-order chi connectivity index (χ0) is 44.3. The lowest BCUT2D eigenvalue weighted by Gasteiger charge is -2.34. The highest BCUT2D eigenvalue weighted by Gasteiger charge is 2.42. The molecule has 0 radical (unpaired) electrons. The van der Waals surface area contributed by atoms with Crippen molar-refractivity contribution in [3.05, 3.63) is 261 Å². The molecule has 0 aliphatic rings. The molecule has 0 fully saturated rings. The Bertz CT molecular complexity index is 3860. The summed E-state index contributed by atoms with van der Waals surface area (Å²) in [6, 6.07) is 93.3. The maximum atomic E-state index is 5.51. The first-order valence-electron chi connectivity index (χ1n) is 23.0. The Kier molecular flexibility index (Phi) is 9.15. The average Bonchev–Trinajstić information content (AvgIpc) is 3.92. The Labute approximate surface area is 389 Å². The number of nitrogens with zero attached hydrogens (tertiary/aromatic N) is 4. The van der Waals surface area contributed by atoms with Gasteiger partial charge in [0.2, 0.25) is 0 Å². The van der Waals surface area contributed by atoms with Crippen LogP contribution in [-0.2, 0) is 0 Å². The van der Waals surface area contributed by atoms with E-state index in [-0.39, 0.29) is 0 Å². The van der Waals surface area contributed by atoms with Crippen LogP contribution in [0.4, 0.5) is 0 Å². The minimum Gasteiger partial charge on any atom is -0.309 e. The van der Waals surface area contributed by atoms with Crippen molar-refractivity contribution in [3.63, 3.8) is 0 Å². The molecule has 0 spiro atoms. The minimum absolute atomic E-state index is 0.832. The predicted octanol–water partition coefficient (Wildman–Crippen LogP) is 11.8. The molecule has 10 aromatic carbocycles. The molecule has 13 rings (SSSR count). The third-order valence-corrected chi connectivity index (χ3v) is 18.5. The number of para-hydroxylation sites is 4. The molecular weight excluding hydrogens is 829 g/mol. The van der Waals surface area contributed by atoms with Crippen LogP contribution in [0.2, 0.25) is 0 Å². The summed E-state index contributed by atoms with van der Waals surface area (Å²) in [7, 11) is -2.87. The SMILES string of the molecule is c1ccc(-n2c3ccccc3c3cc(-c4ccc5c(c4)c4cc([Si](c6ccccc6)(c6ccccc6)c6ccccc6)ccc4n5-c4nc5ccccc5c[n+]4-c4ccccc4)ccc32)cc1. The Hall–Kier alpha value is -8.64. The van der Waals surface area contributed by atoms with Crippen molar-refractivity contribution in [2.45, 2.75) is 0 Å². The quantitative estimate of drug-likeness (QED) is 0.0849. The van der Waals surface area contributed by atoms with E-state index in [2.05, 4.69) is 275 Å². The Morgan fingerprint density at radius 3 is 1.43 bits per heavy atom. The molecule has 0 N–H and O–H groups in total. The molecular formula is C62H43N4Si+. The molecule has 0 bridgehead atoms. The highest BCUT2D eigenvalue weighted by atomic mass is 28.3. The molecule has 3 heterocycles. The number of aromatic nitrogens is 4. The molecule has 0 amide bonds. The normalized spacial score (nSPS) is 11.9. The zero-order valence-corrected chi connectivity index (χ0v) is 37.6. The van der Waals surface area contributed by atoms with Gasteiger partial charge in [0.05, 0.1) is 17.2 Å². The fourth-order valence-electron chi connectivity index (χ4n) is 10.7. The fraction of sp³-hybridized carbons (Fsp3) is 0. The lowest BCUT2D eigenvalue weighted by Crippen LogP contribution is -2.74. The molecule has 5 heteroatoms. The number of benzene rings is 10. The van der Waals surface area contributed by atoms with Gasteiger partial charge < -0.3 is 4.57 Å². The van der Waals surface area contributed by atoms with Crippen molar-refractivity contribution >= 4 is 83.3 Å². The van der Waals surface area contributed by atoms with Gasteiger partial charge in [-0.2, -0.15) is 4.57 Å². The summed E-state index contributed by atoms with van der Waals surface area (Å²) in [5.41, 5.74) is 10.1. The summed E-state index contributed by atoms with van der Waals surface area (Å²) in [6.45, 7) is 0. The largest absolute Gasteiger partial charge is 0.409 e. The maximum Gasteiger partial charge on any atom is 0.409 e. The minimum atomic E-state index is -2.87. The van der Waals surface area contributed by atoms with E-state index in [1.807, 2.05) is 0 Å². The van der Waals surface area contributed by atoms with Crippen LogP contribution < -0.4 is 25.3 Å². The summed E-state index contributed by atoms with van der Waals surface area (Å²) < 4.78 is 7.01. The van der Waals surface area contributed by atoms with Crippen LogP contribution in [0, 0.1) is 0 Å². The fourth-order valence-corrected chi connectivity index (χ4v) is 15.5. The van der Waals surface area contributed by atoms with Gasteiger partial charge in [-0.05, 0) is 105 Å². The van der Waals surface area contributed by atoms with Gasteiger partial charge in [-0.15, -0.1) is 0 Å². The smallest absolute Gasteiger partial charge is 0.309 e. The van der Waals surface area contributed by atoms with E-state index in [9.17, 15) is 0 Å². The molecule has 0 aliphatic heterocycles. The molecule has 13 aromatic rings. The van der Waals surface area contributed by atoms with E-state index in [1.165, 1.54) is 58.9 Å². The second kappa shape index (κ2) is 15.8. The topological polar surface area (TPSA) is 26.6 Å². The van der Waals surface area contributed by atoms with E-state index >= 15 is 0 Å². The second-order valence-corrected chi connectivity index (χ2v) is 21.2. The molecule has 0 saturated carbocycles. The first-order chi connectivity index (χ1) is 33.2. The summed E-state index contributed by atoms with van der Waals surface area (Å²) in [6.07, 6.45) is 2.23. The van der Waals surface area contributed by atoms with Crippen LogP contribution in [0.5, 0.6) is 0 Å². The molecule has 67 heavy (non-hydrogen) atoms. The van der Waals surface area contributed by atoms with Gasteiger partial charge in [0, 0.05) is 32.6 Å². The summed E-state index contributed by atoms with van der Waals surface area (Å²) in [5.74, 6) is 0.832. The van der Waals surface area contributed by atoms with Crippen molar-refractivity contribution < 1.29 is 4.57 Å². The number of hydrogen-bond donors (Lipinski definition) is 0. The lowest BCUT2D eigenvalue weighted by molar-refractivity contribution is -0.591. The van der Waals surface area contributed by atoms with Crippen molar-refractivity contribution in [1.82, 2.24) is 14.1 Å². The van der Waals surface area contributed by atoms with Crippen LogP contribution in [0.25, 0.3) is 83.0 Å². The molecule has 314 valence electrons. The van der Waals surface area contributed by atoms with Crippen LogP contribution in [0.15, 0.2) is 261 Å². The maximum absolute atomic E-state index is 5.51. The number of hydrogen-bond acceptors (Lipinski definition) is 1. The highest BCUT2D eigenvalue weighted by Crippen LogP contribution is 2.38. The standard InChI is InChI=1S/C62H43N4Si/c1-6-21-47(22-7-1)64-43-46-20-16-18-32-57(46)63-62(64)66-60-38-35-45(44-34-37-59-54(40-44)53-31-17-19-33-58(53)65(59)48-23-8-2-9-24-48)41-55(60)56-42-52(36-39-61(56)66)67(49-25-10-3-11-26-49,50-27-12-4-13-28-50)51-29-14-5-15-30-51/h1-43H/q+1. The van der Waals surface area contributed by atoms with Crippen LogP contribution in [0.1, 0.15) is 0 Å². The van der Waals surface area contributed by atoms with Crippen molar-refractivity contribution in [1.29, 1.82) is 0 Å². The Morgan fingerprint density at radius 2 is 0.806 bits per heavy atom. The summed E-state index contributed by atoms with van der Waals surface area (Å²) in [5, 5.41) is 11.3. The summed E-state index contributed by atoms with van der Waals surface area (Å²) >= 11 is 0. The van der Waals surface area contributed by atoms with Crippen LogP contribution in [-0.4, -0.2) is 22.2 Å². The van der Waals surface area contributed by atoms with Gasteiger partial charge in [-0.25, -0.2) is 4.57 Å². The third kappa shape index (κ3) is 6.20. The molecule has 4 nitrogen and oxygen atoms in total. The molecule has 0 saturated heterocycles. The van der Waals surface area contributed by atoms with Gasteiger partial charge >= 0.3 is 5.95 Å². The van der Waals surface area contributed by atoms with Gasteiger partial charge in [0.15, 0.2) is 13.6 Å². The van der Waals surface area contributed by atoms with E-state index < -0.39 is 8.07 Å². The van der Waals surface area contributed by atoms with Gasteiger partial charge in [-0.1, -0.05) is 187 Å². The molecule has 0 aliphatic carbocycles. The van der Waals surface area contributed by atoms with Crippen molar-refractivity contribution in [3.8, 4) is 28.5 Å². The molecule has 0 unspecified atom stereocenters. The Morgan fingerprint density at radius 1 is 0.343 bits per heavy atom. The van der Waals surface area contributed by atoms with Gasteiger partial charge in [0.1, 0.15) is 16.7 Å². The lowest BCUT2D eigenvalue weighted by atomic mass is 10.0. The van der Waals surface area contributed by atoms with Gasteiger partial charge in [-0.3, -0.25) is 0 Å². The number of fused-ring (bicyclic) bond motifs is 7. The first kappa shape index (κ1) is 38.8. The zero-order valence-electron chi connectivity index (χ0n) is 36.6. The average molecular weight is 872 g/mol. The van der Waals surface area contributed by atoms with E-state index in [4.69, 9.17) is 4.98 Å². The van der Waals surface area contributed by atoms with Crippen LogP contribution >= 0.6 is 0 Å². The monoisotopic (exact) mass is 871 g/mol. The van der Waals surface area contributed by atoms with E-state index in [0.29, 0.717) is 0 Å². The third-order valence-electron chi connectivity index (χ3n) is 13.7. The van der Waals surface area contributed by atoms with E-state index in [0.717, 1.165) is 44.8 Å². The van der Waals surface area contributed by atoms with E-state index in [1.54, 1.807) is 0 Å². The van der Waals surface area contributed by atoms with Crippen LogP contribution in [0.3, 0.4) is 0 Å². The summed E-state index contributed by atoms with van der Waals surface area (Å²) in [4.78, 5) is 5.51. The number of rotatable bonds is 8. The first-order valence-corrected chi connectivity index (χ1v) is 25.0. The van der Waals surface area contributed by atoms with Gasteiger partial charge in [0.25, 0.3) is 0 Å². The molecule has 3 aromatic heterocycles. The molecule has 0 atom stereocenters. The van der Waals surface area contributed by atoms with Crippen molar-refractivity contribution in [2.75, 3.05) is 0 Å². The van der Waals surface area contributed by atoms with Crippen molar-refractivity contribution in [2.24, 2.45) is 0 Å². The Balaban J connectivity index is 1.12. The second-order valence-electron chi connectivity index (χ2n) is 17.4. The predicted molar refractivity (Wildman–Crippen MR) is 281 cm³/mol. The highest BCUT2D eigenvalue weighted by molar-refractivity contribution is 7.20.